The van der Waals surface area contributed by atoms with Gasteiger partial charge in [0.1, 0.15) is 6.54 Å². The second kappa shape index (κ2) is 9.84. The minimum Gasteiger partial charge on any atom is -1.00 e. The smallest absolute Gasteiger partial charge is 0.104 e. The zero-order valence-electron chi connectivity index (χ0n) is 17.1. The number of rotatable bonds is 6. The molecule has 0 saturated heterocycles. The van der Waals surface area contributed by atoms with Crippen molar-refractivity contribution in [3.05, 3.63) is 82.3 Å². The van der Waals surface area contributed by atoms with Crippen molar-refractivity contribution in [1.82, 2.24) is 0 Å². The predicted molar refractivity (Wildman–Crippen MR) is 126 cm³/mol. The molecule has 0 aromatic heterocycles. The van der Waals surface area contributed by atoms with E-state index in [1.807, 2.05) is 30.0 Å². The fraction of sp³-hybridized carbons (Fsp3) is 0.250. The Labute approximate surface area is 199 Å². The van der Waals surface area contributed by atoms with Crippen molar-refractivity contribution in [2.75, 3.05) is 32.1 Å². The van der Waals surface area contributed by atoms with Gasteiger partial charge < -0.3 is 21.8 Å². The van der Waals surface area contributed by atoms with Crippen LogP contribution in [0.4, 0.5) is 11.4 Å². The summed E-state index contributed by atoms with van der Waals surface area (Å²) in [7, 11) is 4.57. The third kappa shape index (κ3) is 5.46. The van der Waals surface area contributed by atoms with Gasteiger partial charge in [0.2, 0.25) is 0 Å². The Balaban J connectivity index is 0.00000256. The minimum atomic E-state index is 0. The van der Waals surface area contributed by atoms with Crippen LogP contribution in [0.3, 0.4) is 0 Å². The van der Waals surface area contributed by atoms with E-state index in [0.717, 1.165) is 40.6 Å². The quantitative estimate of drug-likeness (QED) is 0.486. The molecule has 1 heterocycles. The van der Waals surface area contributed by atoms with Crippen LogP contribution in [0, 0.1) is 0 Å². The van der Waals surface area contributed by atoms with Crippen molar-refractivity contribution in [2.45, 2.75) is 22.8 Å². The van der Waals surface area contributed by atoms with Gasteiger partial charge in [0.25, 0.3) is 0 Å². The first-order chi connectivity index (χ1) is 13.9. The van der Waals surface area contributed by atoms with Gasteiger partial charge in [-0.25, -0.2) is 0 Å². The Morgan fingerprint density at radius 3 is 2.37 bits per heavy atom. The molecule has 0 saturated carbocycles. The van der Waals surface area contributed by atoms with E-state index in [1.165, 1.54) is 26.7 Å². The van der Waals surface area contributed by atoms with E-state index in [9.17, 15) is 0 Å². The highest BCUT2D eigenvalue weighted by atomic mass is 35.5. The van der Waals surface area contributed by atoms with Gasteiger partial charge in [0.05, 0.1) is 32.0 Å². The second-order valence-corrected chi connectivity index (χ2v) is 10.1. The van der Waals surface area contributed by atoms with Crippen LogP contribution in [-0.4, -0.2) is 31.7 Å². The fourth-order valence-corrected chi connectivity index (χ4v) is 5.36. The van der Waals surface area contributed by atoms with Gasteiger partial charge >= 0.3 is 0 Å². The zero-order chi connectivity index (χ0) is 20.4. The first kappa shape index (κ1) is 23.3. The minimum absolute atomic E-state index is 0. The molecule has 6 heteroatoms. The Kier molecular flexibility index (Phi) is 7.65. The first-order valence-corrected chi connectivity index (χ1v) is 11.4. The molecule has 0 unspecified atom stereocenters. The lowest BCUT2D eigenvalue weighted by Crippen LogP contribution is -3.00. The van der Waals surface area contributed by atoms with Crippen molar-refractivity contribution in [3.63, 3.8) is 0 Å². The molecule has 0 radical (unpaired) electrons. The van der Waals surface area contributed by atoms with Gasteiger partial charge in [-0.1, -0.05) is 59.2 Å². The van der Waals surface area contributed by atoms with Gasteiger partial charge in [0, 0.05) is 38.4 Å². The average Bonchev–Trinajstić information content (AvgIpc) is 2.67. The third-order valence-electron chi connectivity index (χ3n) is 5.23. The Morgan fingerprint density at radius 2 is 1.57 bits per heavy atom. The van der Waals surface area contributed by atoms with Crippen LogP contribution in [0.1, 0.15) is 12.0 Å². The Morgan fingerprint density at radius 1 is 0.833 bits per heavy atom. The molecule has 3 aromatic rings. The molecule has 3 aromatic carbocycles. The molecule has 4 rings (SSSR count). The molecule has 0 spiro atoms. The van der Waals surface area contributed by atoms with E-state index in [4.69, 9.17) is 23.2 Å². The van der Waals surface area contributed by atoms with Crippen LogP contribution in [0.25, 0.3) is 0 Å². The van der Waals surface area contributed by atoms with E-state index >= 15 is 0 Å². The van der Waals surface area contributed by atoms with Crippen LogP contribution in [0.15, 0.2) is 76.5 Å². The van der Waals surface area contributed by atoms with Gasteiger partial charge in [-0.2, -0.15) is 0 Å². The van der Waals surface area contributed by atoms with Crippen molar-refractivity contribution in [3.8, 4) is 0 Å². The number of para-hydroxylation sites is 1. The molecule has 0 aliphatic carbocycles. The van der Waals surface area contributed by atoms with Gasteiger partial charge in [0.15, 0.2) is 0 Å². The highest BCUT2D eigenvalue weighted by Gasteiger charge is 2.24. The number of hydrogen-bond donors (Lipinski definition) is 0. The summed E-state index contributed by atoms with van der Waals surface area (Å²) in [5.41, 5.74) is 3.76. The molecule has 0 atom stereocenters. The maximum atomic E-state index is 6.33. The molecule has 0 amide bonds. The van der Waals surface area contributed by atoms with Crippen LogP contribution >= 0.6 is 35.0 Å². The van der Waals surface area contributed by atoms with Crippen molar-refractivity contribution in [2.24, 2.45) is 0 Å². The number of quaternary nitrogens is 1. The lowest BCUT2D eigenvalue weighted by molar-refractivity contribution is -0.903. The summed E-state index contributed by atoms with van der Waals surface area (Å²) in [5, 5.41) is 1.59. The summed E-state index contributed by atoms with van der Waals surface area (Å²) in [5.74, 6) is 0. The predicted octanol–water partition coefficient (Wildman–Crippen LogP) is 4.27. The highest BCUT2D eigenvalue weighted by Crippen LogP contribution is 2.48. The molecule has 30 heavy (non-hydrogen) atoms. The Bertz CT molecular complexity index is 1020. The second-order valence-electron chi connectivity index (χ2n) is 8.13. The van der Waals surface area contributed by atoms with Crippen LogP contribution in [0.2, 0.25) is 10.0 Å². The summed E-state index contributed by atoms with van der Waals surface area (Å²) in [6, 6.07) is 23.0. The SMILES string of the molecule is C[N+](C)(CCCN1c2ccccc2Sc2ccc(Cl)cc21)Cc1cccc(Cl)c1.[Cl-]. The van der Waals surface area contributed by atoms with Gasteiger partial charge in [-0.15, -0.1) is 0 Å². The highest BCUT2D eigenvalue weighted by molar-refractivity contribution is 7.99. The summed E-state index contributed by atoms with van der Waals surface area (Å²) < 4.78 is 0.924. The van der Waals surface area contributed by atoms with Crippen LogP contribution in [-0.2, 0) is 6.54 Å². The fourth-order valence-electron chi connectivity index (χ4n) is 3.91. The van der Waals surface area contributed by atoms with Gasteiger partial charge in [-0.3, -0.25) is 0 Å². The molecule has 158 valence electrons. The van der Waals surface area contributed by atoms with Gasteiger partial charge in [-0.05, 0) is 42.5 Å². The third-order valence-corrected chi connectivity index (χ3v) is 6.83. The van der Waals surface area contributed by atoms with E-state index in [2.05, 4.69) is 67.5 Å². The molecular weight excluding hydrogens is 455 g/mol. The molecule has 1 aliphatic heterocycles. The van der Waals surface area contributed by atoms with Crippen LogP contribution < -0.4 is 17.3 Å². The number of halogens is 3. The first-order valence-electron chi connectivity index (χ1n) is 9.82. The summed E-state index contributed by atoms with van der Waals surface area (Å²) >= 11 is 14.3. The number of anilines is 2. The summed E-state index contributed by atoms with van der Waals surface area (Å²) in [6.07, 6.45) is 1.08. The van der Waals surface area contributed by atoms with E-state index < -0.39 is 0 Å². The molecule has 0 fully saturated rings. The largest absolute Gasteiger partial charge is 1.00 e. The number of nitrogens with zero attached hydrogens (tertiary/aromatic N) is 2. The number of hydrogen-bond acceptors (Lipinski definition) is 2. The topological polar surface area (TPSA) is 3.24 Å². The summed E-state index contributed by atoms with van der Waals surface area (Å²) in [4.78, 5) is 4.99. The van der Waals surface area contributed by atoms with Crippen LogP contribution in [0.5, 0.6) is 0 Å². The molecule has 0 N–H and O–H groups in total. The van der Waals surface area contributed by atoms with E-state index in [-0.39, 0.29) is 12.4 Å². The maximum absolute atomic E-state index is 6.33. The maximum Gasteiger partial charge on any atom is 0.104 e. The number of fused-ring (bicyclic) bond motifs is 2. The average molecular weight is 480 g/mol. The monoisotopic (exact) mass is 478 g/mol. The van der Waals surface area contributed by atoms with Crippen molar-refractivity contribution >= 4 is 46.3 Å². The van der Waals surface area contributed by atoms with E-state index in [1.54, 1.807) is 0 Å². The lowest BCUT2D eigenvalue weighted by atomic mass is 10.1. The van der Waals surface area contributed by atoms with E-state index in [0.29, 0.717) is 0 Å². The lowest BCUT2D eigenvalue weighted by Gasteiger charge is -2.35. The summed E-state index contributed by atoms with van der Waals surface area (Å²) in [6.45, 7) is 3.01. The van der Waals surface area contributed by atoms with Crippen molar-refractivity contribution in [1.29, 1.82) is 0 Å². The standard InChI is InChI=1S/C24H25Cl2N2S.ClH/c1-28(2,17-18-7-5-8-19(25)15-18)14-6-13-27-21-9-3-4-10-23(21)29-24-12-11-20(26)16-22(24)27;/h3-5,7-12,15-16H,6,13-14,17H2,1-2H3;1H/q+1;/p-1. The molecule has 0 bridgehead atoms. The zero-order valence-corrected chi connectivity index (χ0v) is 20.2. The molecule has 2 nitrogen and oxygen atoms in total. The normalized spacial score (nSPS) is 12.7. The Hall–Kier alpha value is -1.36. The molecule has 1 aliphatic rings. The number of benzene rings is 3. The molecular formula is C24H25Cl3N2S. The van der Waals surface area contributed by atoms with Crippen molar-refractivity contribution < 1.29 is 16.9 Å².